The maximum atomic E-state index is 10.7. The van der Waals surface area contributed by atoms with Crippen LogP contribution in [-0.4, -0.2) is 26.3 Å². The van der Waals surface area contributed by atoms with Crippen molar-refractivity contribution in [1.29, 1.82) is 0 Å². The van der Waals surface area contributed by atoms with E-state index in [4.69, 9.17) is 4.74 Å². The number of carbonyl (C=O) groups excluding carboxylic acids is 1. The Morgan fingerprint density at radius 3 is 2.60 bits per heavy atom. The molecule has 0 heterocycles. The predicted octanol–water partition coefficient (Wildman–Crippen LogP) is 0.646. The number of ether oxygens (including phenoxy) is 2. The van der Waals surface area contributed by atoms with Crippen LogP contribution in [0.5, 0.6) is 0 Å². The Hall–Kier alpha value is -0.570. The minimum absolute atomic E-state index is 0.281. The molecule has 0 saturated carbocycles. The number of methoxy groups -OCH3 is 1. The number of hydrogen-bond acceptors (Lipinski definition) is 3. The number of rotatable bonds is 4. The summed E-state index contributed by atoms with van der Waals surface area (Å²) in [6.45, 7) is 5.95. The first-order valence-corrected chi connectivity index (χ1v) is 3.17. The monoisotopic (exact) mass is 145 g/mol. The third-order valence-corrected chi connectivity index (χ3v) is 0.934. The van der Waals surface area contributed by atoms with Gasteiger partial charge in [-0.05, 0) is 6.92 Å². The predicted molar refractivity (Wildman–Crippen MR) is 37.4 cm³/mol. The highest BCUT2D eigenvalue weighted by molar-refractivity contribution is 5.72. The maximum absolute atomic E-state index is 10.7. The van der Waals surface area contributed by atoms with Gasteiger partial charge < -0.3 is 9.47 Å². The largest absolute Gasteiger partial charge is 0.463 e. The van der Waals surface area contributed by atoms with Gasteiger partial charge in [0.1, 0.15) is 6.61 Å². The van der Waals surface area contributed by atoms with Crippen molar-refractivity contribution in [3.63, 3.8) is 0 Å². The summed E-state index contributed by atoms with van der Waals surface area (Å²) in [7, 11) is 1.56. The second kappa shape index (κ2) is 5.23. The zero-order valence-corrected chi connectivity index (χ0v) is 6.42. The van der Waals surface area contributed by atoms with Gasteiger partial charge in [0.2, 0.25) is 0 Å². The fraction of sp³-hybridized carbons (Fsp3) is 0.714. The molecule has 10 heavy (non-hydrogen) atoms. The topological polar surface area (TPSA) is 35.5 Å². The standard InChI is InChI=1S/C7H13O3/c1-6(2)7(8)10-5-4-9-3/h6H,1,4-5H2,2-3H3. The first-order valence-electron chi connectivity index (χ1n) is 3.17. The average molecular weight is 145 g/mol. The summed E-state index contributed by atoms with van der Waals surface area (Å²) in [6, 6.07) is 0. The molecule has 1 unspecified atom stereocenters. The highest BCUT2D eigenvalue weighted by atomic mass is 16.6. The average Bonchev–Trinajstić information content (AvgIpc) is 1.88. The molecule has 0 N–H and O–H groups in total. The lowest BCUT2D eigenvalue weighted by Crippen LogP contribution is -2.14. The van der Waals surface area contributed by atoms with Gasteiger partial charge in [-0.3, -0.25) is 4.79 Å². The summed E-state index contributed by atoms with van der Waals surface area (Å²) in [4.78, 5) is 10.7. The molecule has 0 bridgehead atoms. The Balaban J connectivity index is 3.22. The van der Waals surface area contributed by atoms with Gasteiger partial charge in [-0.2, -0.15) is 0 Å². The molecule has 0 aliphatic carbocycles. The van der Waals surface area contributed by atoms with E-state index in [0.717, 1.165) is 0 Å². The zero-order chi connectivity index (χ0) is 7.98. The molecule has 1 atom stereocenters. The molecule has 0 aliphatic heterocycles. The summed E-state index contributed by atoms with van der Waals surface area (Å²) in [5.74, 6) is -0.575. The Bertz CT molecular complexity index is 99.0. The van der Waals surface area contributed by atoms with Crippen LogP contribution in [0.1, 0.15) is 6.92 Å². The third kappa shape index (κ3) is 4.32. The van der Waals surface area contributed by atoms with Crippen LogP contribution in [0.4, 0.5) is 0 Å². The smallest absolute Gasteiger partial charge is 0.308 e. The fourth-order valence-corrected chi connectivity index (χ4v) is 0.368. The number of carbonyl (C=O) groups is 1. The minimum atomic E-state index is -0.295. The van der Waals surface area contributed by atoms with E-state index in [-0.39, 0.29) is 11.9 Å². The van der Waals surface area contributed by atoms with E-state index in [1.807, 2.05) is 0 Å². The van der Waals surface area contributed by atoms with E-state index < -0.39 is 0 Å². The van der Waals surface area contributed by atoms with Gasteiger partial charge in [0.05, 0.1) is 12.5 Å². The van der Waals surface area contributed by atoms with Crippen LogP contribution in [0, 0.1) is 12.8 Å². The Labute approximate surface area is 61.3 Å². The highest BCUT2D eigenvalue weighted by Crippen LogP contribution is 1.93. The van der Waals surface area contributed by atoms with E-state index in [1.54, 1.807) is 14.0 Å². The molecular formula is C7H13O3. The number of esters is 1. The van der Waals surface area contributed by atoms with E-state index in [0.29, 0.717) is 13.2 Å². The second-order valence-corrected chi connectivity index (χ2v) is 2.06. The van der Waals surface area contributed by atoms with E-state index in [1.165, 1.54) is 0 Å². The van der Waals surface area contributed by atoms with Crippen molar-refractivity contribution in [2.24, 2.45) is 5.92 Å². The van der Waals surface area contributed by atoms with Crippen molar-refractivity contribution in [3.05, 3.63) is 6.92 Å². The molecule has 0 saturated heterocycles. The Morgan fingerprint density at radius 2 is 2.20 bits per heavy atom. The van der Waals surface area contributed by atoms with Crippen LogP contribution in [0.15, 0.2) is 0 Å². The second-order valence-electron chi connectivity index (χ2n) is 2.06. The van der Waals surface area contributed by atoms with Crippen molar-refractivity contribution < 1.29 is 14.3 Å². The van der Waals surface area contributed by atoms with Crippen LogP contribution >= 0.6 is 0 Å². The lowest BCUT2D eigenvalue weighted by molar-refractivity contribution is -0.147. The van der Waals surface area contributed by atoms with Crippen molar-refractivity contribution in [3.8, 4) is 0 Å². The molecule has 0 aliphatic rings. The molecule has 3 heteroatoms. The lowest BCUT2D eigenvalue weighted by atomic mass is 10.2. The normalized spacial score (nSPS) is 10.0. The van der Waals surface area contributed by atoms with Crippen LogP contribution in [0.25, 0.3) is 0 Å². The van der Waals surface area contributed by atoms with Crippen LogP contribution in [-0.2, 0) is 14.3 Å². The van der Waals surface area contributed by atoms with Gasteiger partial charge in [-0.25, -0.2) is 0 Å². The highest BCUT2D eigenvalue weighted by Gasteiger charge is 2.06. The third-order valence-electron chi connectivity index (χ3n) is 0.934. The lowest BCUT2D eigenvalue weighted by Gasteiger charge is -2.04. The zero-order valence-electron chi connectivity index (χ0n) is 6.42. The van der Waals surface area contributed by atoms with Gasteiger partial charge in [0, 0.05) is 7.11 Å². The summed E-state index contributed by atoms with van der Waals surface area (Å²) < 4.78 is 9.39. The van der Waals surface area contributed by atoms with Gasteiger partial charge in [0.25, 0.3) is 0 Å². The molecule has 0 fully saturated rings. The summed E-state index contributed by atoms with van der Waals surface area (Å²) in [5, 5.41) is 0. The molecule has 59 valence electrons. The Kier molecular flexibility index (Phi) is 4.94. The summed E-state index contributed by atoms with van der Waals surface area (Å²) in [5.41, 5.74) is 0. The molecule has 0 amide bonds. The molecule has 0 spiro atoms. The molecular weight excluding hydrogens is 132 g/mol. The Morgan fingerprint density at radius 1 is 1.60 bits per heavy atom. The van der Waals surface area contributed by atoms with Crippen molar-refractivity contribution in [2.45, 2.75) is 6.92 Å². The van der Waals surface area contributed by atoms with E-state index >= 15 is 0 Å². The molecule has 3 nitrogen and oxygen atoms in total. The molecule has 1 radical (unpaired) electrons. The first-order chi connectivity index (χ1) is 4.68. The van der Waals surface area contributed by atoms with E-state index in [2.05, 4.69) is 11.7 Å². The molecule has 0 aromatic rings. The van der Waals surface area contributed by atoms with Crippen LogP contribution < -0.4 is 0 Å². The van der Waals surface area contributed by atoms with Crippen molar-refractivity contribution in [2.75, 3.05) is 20.3 Å². The van der Waals surface area contributed by atoms with E-state index in [9.17, 15) is 4.79 Å². The fourth-order valence-electron chi connectivity index (χ4n) is 0.368. The molecule has 0 rings (SSSR count). The van der Waals surface area contributed by atoms with Gasteiger partial charge in [-0.1, -0.05) is 6.92 Å². The van der Waals surface area contributed by atoms with Crippen LogP contribution in [0.2, 0.25) is 0 Å². The minimum Gasteiger partial charge on any atom is -0.463 e. The quantitative estimate of drug-likeness (QED) is 0.430. The SMILES string of the molecule is [CH2]C(C)C(=O)OCCOC. The van der Waals surface area contributed by atoms with Gasteiger partial charge in [-0.15, -0.1) is 0 Å². The summed E-state index contributed by atoms with van der Waals surface area (Å²) >= 11 is 0. The summed E-state index contributed by atoms with van der Waals surface area (Å²) in [6.07, 6.45) is 0. The molecule has 0 aromatic carbocycles. The van der Waals surface area contributed by atoms with Crippen LogP contribution in [0.3, 0.4) is 0 Å². The van der Waals surface area contributed by atoms with Gasteiger partial charge in [0.15, 0.2) is 0 Å². The molecule has 0 aromatic heterocycles. The first kappa shape index (κ1) is 9.43. The maximum Gasteiger partial charge on any atom is 0.308 e. The van der Waals surface area contributed by atoms with Gasteiger partial charge >= 0.3 is 5.97 Å². The number of hydrogen-bond donors (Lipinski definition) is 0. The van der Waals surface area contributed by atoms with Crippen molar-refractivity contribution >= 4 is 5.97 Å². The van der Waals surface area contributed by atoms with Crippen molar-refractivity contribution in [1.82, 2.24) is 0 Å².